The number of aryl methyl sites for hydroxylation is 1. The Bertz CT molecular complexity index is 1130. The topological polar surface area (TPSA) is 94.8 Å². The number of fused-ring (bicyclic) bond motifs is 1. The van der Waals surface area contributed by atoms with Crippen LogP contribution < -0.4 is 10.5 Å². The number of carbonyl (C=O) groups excluding carboxylic acids is 2. The number of nitrogens with zero attached hydrogens (tertiary/aromatic N) is 2. The second kappa shape index (κ2) is 9.75. The molecular formula is C25H30F3N3O4. The number of rotatable bonds is 6. The van der Waals surface area contributed by atoms with E-state index in [2.05, 4.69) is 4.98 Å². The third kappa shape index (κ3) is 6.86. The molecule has 2 aromatic rings. The molecule has 0 saturated heterocycles. The number of hydrogen-bond donors (Lipinski definition) is 1. The van der Waals surface area contributed by atoms with Gasteiger partial charge in [0.25, 0.3) is 11.8 Å². The molecule has 35 heavy (non-hydrogen) atoms. The molecular weight excluding hydrogens is 463 g/mol. The molecule has 0 radical (unpaired) electrons. The second-order valence-corrected chi connectivity index (χ2v) is 9.90. The highest BCUT2D eigenvalue weighted by atomic mass is 19.3. The Hall–Kier alpha value is -3.30. The molecule has 2 heterocycles. The molecule has 0 spiro atoms. The fourth-order valence-electron chi connectivity index (χ4n) is 3.85. The van der Waals surface area contributed by atoms with Gasteiger partial charge in [-0.25, -0.2) is 22.9 Å². The average molecular weight is 494 g/mol. The zero-order valence-electron chi connectivity index (χ0n) is 20.5. The van der Waals surface area contributed by atoms with Gasteiger partial charge in [-0.1, -0.05) is 12.1 Å². The Balaban J connectivity index is 1.93. The lowest BCUT2D eigenvalue weighted by Crippen LogP contribution is -2.47. The van der Waals surface area contributed by atoms with E-state index in [4.69, 9.17) is 15.2 Å². The van der Waals surface area contributed by atoms with Crippen LogP contribution in [0.3, 0.4) is 0 Å². The Morgan fingerprint density at radius 3 is 2.46 bits per heavy atom. The van der Waals surface area contributed by atoms with Crippen LogP contribution in [-0.2, 0) is 11.2 Å². The molecule has 1 aliphatic rings. The summed E-state index contributed by atoms with van der Waals surface area (Å²) >= 11 is 0. The monoisotopic (exact) mass is 493 g/mol. The quantitative estimate of drug-likeness (QED) is 0.619. The largest absolute Gasteiger partial charge is 0.472 e. The SMILES string of the molecule is Cc1ccc(-c2cc(C(N)=O)nc3c2CC[C@@H](CN(CC(C)(F)F)C(=O)OC(C)(C)C)O3)c(F)c1. The average Bonchev–Trinajstić information content (AvgIpc) is 2.70. The molecule has 0 saturated carbocycles. The predicted molar refractivity (Wildman–Crippen MR) is 124 cm³/mol. The van der Waals surface area contributed by atoms with Crippen LogP contribution in [0.25, 0.3) is 11.1 Å². The summed E-state index contributed by atoms with van der Waals surface area (Å²) in [5, 5.41) is 0. The maximum atomic E-state index is 14.8. The van der Waals surface area contributed by atoms with Crippen LogP contribution in [0.1, 0.15) is 55.7 Å². The van der Waals surface area contributed by atoms with Gasteiger partial charge < -0.3 is 15.2 Å². The van der Waals surface area contributed by atoms with Gasteiger partial charge in [0, 0.05) is 18.1 Å². The van der Waals surface area contributed by atoms with Gasteiger partial charge in [-0.15, -0.1) is 0 Å². The molecule has 2 N–H and O–H groups in total. The fraction of sp³-hybridized carbons (Fsp3) is 0.480. The first-order valence-corrected chi connectivity index (χ1v) is 11.3. The molecule has 1 atom stereocenters. The molecule has 0 unspecified atom stereocenters. The molecule has 0 bridgehead atoms. The van der Waals surface area contributed by atoms with Gasteiger partial charge in [0.1, 0.15) is 23.2 Å². The summed E-state index contributed by atoms with van der Waals surface area (Å²) < 4.78 is 53.6. The normalized spacial score (nSPS) is 15.7. The molecule has 10 heteroatoms. The van der Waals surface area contributed by atoms with E-state index in [0.29, 0.717) is 30.9 Å². The Morgan fingerprint density at radius 1 is 1.20 bits per heavy atom. The summed E-state index contributed by atoms with van der Waals surface area (Å²) in [7, 11) is 0. The molecule has 0 aliphatic carbocycles. The number of hydrogen-bond acceptors (Lipinski definition) is 5. The summed E-state index contributed by atoms with van der Waals surface area (Å²) in [6, 6.07) is 6.14. The standard InChI is InChI=1S/C25H30F3N3O4/c1-14-6-8-16(19(26)10-14)18-11-20(21(29)32)30-22-17(18)9-7-15(34-22)12-31(13-25(5,27)28)23(33)35-24(2,3)4/h6,8,10-11,15H,7,9,12-13H2,1-5H3,(H2,29,32)/t15-/m0/s1. The molecule has 0 fully saturated rings. The van der Waals surface area contributed by atoms with Gasteiger partial charge >= 0.3 is 6.09 Å². The minimum atomic E-state index is -3.16. The van der Waals surface area contributed by atoms with Crippen molar-refractivity contribution in [2.24, 2.45) is 5.73 Å². The molecule has 190 valence electrons. The van der Waals surface area contributed by atoms with E-state index in [-0.39, 0.29) is 23.7 Å². The van der Waals surface area contributed by atoms with Crippen molar-refractivity contribution in [1.82, 2.24) is 9.88 Å². The van der Waals surface area contributed by atoms with Gasteiger partial charge in [-0.3, -0.25) is 9.69 Å². The maximum Gasteiger partial charge on any atom is 0.410 e. The van der Waals surface area contributed by atoms with Crippen molar-refractivity contribution in [3.63, 3.8) is 0 Å². The first-order chi connectivity index (χ1) is 16.1. The van der Waals surface area contributed by atoms with Crippen LogP contribution in [0.4, 0.5) is 18.0 Å². The van der Waals surface area contributed by atoms with Crippen LogP contribution in [-0.4, -0.2) is 52.6 Å². The minimum absolute atomic E-state index is 0.0555. The van der Waals surface area contributed by atoms with Crippen molar-refractivity contribution >= 4 is 12.0 Å². The van der Waals surface area contributed by atoms with Crippen LogP contribution >= 0.6 is 0 Å². The molecule has 1 aliphatic heterocycles. The Morgan fingerprint density at radius 2 is 1.89 bits per heavy atom. The third-order valence-corrected chi connectivity index (χ3v) is 5.29. The Labute approximate surface area is 202 Å². The van der Waals surface area contributed by atoms with E-state index in [0.717, 1.165) is 10.5 Å². The molecule has 2 amide bonds. The highest BCUT2D eigenvalue weighted by Gasteiger charge is 2.35. The van der Waals surface area contributed by atoms with E-state index >= 15 is 0 Å². The van der Waals surface area contributed by atoms with Gasteiger partial charge in [-0.05, 0) is 63.8 Å². The maximum absolute atomic E-state index is 14.8. The van der Waals surface area contributed by atoms with E-state index in [1.54, 1.807) is 39.8 Å². The van der Waals surface area contributed by atoms with Crippen molar-refractivity contribution in [2.45, 2.75) is 65.1 Å². The summed E-state index contributed by atoms with van der Waals surface area (Å²) in [6.07, 6.45) is -0.891. The van der Waals surface area contributed by atoms with Crippen molar-refractivity contribution in [3.8, 4) is 17.0 Å². The first-order valence-electron chi connectivity index (χ1n) is 11.3. The summed E-state index contributed by atoms with van der Waals surface area (Å²) in [6.45, 7) is 6.35. The van der Waals surface area contributed by atoms with Crippen molar-refractivity contribution in [2.75, 3.05) is 13.1 Å². The van der Waals surface area contributed by atoms with E-state index < -0.39 is 42.0 Å². The van der Waals surface area contributed by atoms with Crippen molar-refractivity contribution in [1.29, 1.82) is 0 Å². The number of ether oxygens (including phenoxy) is 2. The lowest BCUT2D eigenvalue weighted by molar-refractivity contribution is -0.0382. The third-order valence-electron chi connectivity index (χ3n) is 5.29. The number of alkyl halides is 2. The number of aromatic nitrogens is 1. The minimum Gasteiger partial charge on any atom is -0.472 e. The first kappa shape index (κ1) is 26.3. The number of nitrogens with two attached hydrogens (primary N) is 1. The molecule has 1 aromatic carbocycles. The summed E-state index contributed by atoms with van der Waals surface area (Å²) in [5.41, 5.74) is 6.43. The highest BCUT2D eigenvalue weighted by Crippen LogP contribution is 2.37. The van der Waals surface area contributed by atoms with Crippen LogP contribution in [0.2, 0.25) is 0 Å². The van der Waals surface area contributed by atoms with Gasteiger partial charge in [0.15, 0.2) is 0 Å². The van der Waals surface area contributed by atoms with Crippen molar-refractivity contribution < 1.29 is 32.2 Å². The highest BCUT2D eigenvalue weighted by molar-refractivity contribution is 5.93. The van der Waals surface area contributed by atoms with E-state index in [1.165, 1.54) is 12.1 Å². The van der Waals surface area contributed by atoms with Gasteiger partial charge in [0.05, 0.1) is 13.1 Å². The zero-order chi connectivity index (χ0) is 26.1. The zero-order valence-corrected chi connectivity index (χ0v) is 20.5. The number of amides is 2. The van der Waals surface area contributed by atoms with Crippen LogP contribution in [0.5, 0.6) is 5.88 Å². The number of benzene rings is 1. The molecule has 1 aromatic heterocycles. The molecule has 3 rings (SSSR count). The van der Waals surface area contributed by atoms with E-state index in [1.807, 2.05) is 0 Å². The number of primary amides is 1. The number of pyridine rings is 1. The number of carbonyl (C=O) groups is 2. The smallest absolute Gasteiger partial charge is 0.410 e. The Kier molecular flexibility index (Phi) is 7.33. The lowest BCUT2D eigenvalue weighted by Gasteiger charge is -2.34. The van der Waals surface area contributed by atoms with Gasteiger partial charge in [0.2, 0.25) is 5.88 Å². The second-order valence-electron chi connectivity index (χ2n) is 9.90. The van der Waals surface area contributed by atoms with E-state index in [9.17, 15) is 22.8 Å². The van der Waals surface area contributed by atoms with Crippen LogP contribution in [0, 0.1) is 12.7 Å². The lowest BCUT2D eigenvalue weighted by atomic mass is 9.93. The van der Waals surface area contributed by atoms with Crippen LogP contribution in [0.15, 0.2) is 24.3 Å². The van der Waals surface area contributed by atoms with Gasteiger partial charge in [-0.2, -0.15) is 0 Å². The number of halogens is 3. The predicted octanol–water partition coefficient (Wildman–Crippen LogP) is 4.88. The summed E-state index contributed by atoms with van der Waals surface area (Å²) in [5.74, 6) is -4.40. The summed E-state index contributed by atoms with van der Waals surface area (Å²) in [4.78, 5) is 29.6. The fourth-order valence-corrected chi connectivity index (χ4v) is 3.85. The molecule has 7 nitrogen and oxygen atoms in total. The van der Waals surface area contributed by atoms with Crippen molar-refractivity contribution in [3.05, 3.63) is 46.9 Å².